The van der Waals surface area contributed by atoms with Gasteiger partial charge in [0.1, 0.15) is 6.04 Å². The number of para-hydroxylation sites is 1. The summed E-state index contributed by atoms with van der Waals surface area (Å²) in [4.78, 5) is 12.8. The van der Waals surface area contributed by atoms with E-state index in [2.05, 4.69) is 5.32 Å². The summed E-state index contributed by atoms with van der Waals surface area (Å²) in [5.74, 6) is -0.469. The molecule has 0 radical (unpaired) electrons. The van der Waals surface area contributed by atoms with Gasteiger partial charge in [0.05, 0.1) is 17.0 Å². The summed E-state index contributed by atoms with van der Waals surface area (Å²) in [6, 6.07) is 9.07. The zero-order valence-electron chi connectivity index (χ0n) is 14.9. The number of sulfonamides is 1. The van der Waals surface area contributed by atoms with Crippen LogP contribution in [0.4, 0.5) is 11.4 Å². The average molecular weight is 415 g/mol. The maximum Gasteiger partial charge on any atom is 0.248 e. The largest absolute Gasteiger partial charge is 0.324 e. The summed E-state index contributed by atoms with van der Waals surface area (Å²) < 4.78 is 25.7. The number of carbonyl (C=O) groups is 1. The molecule has 1 atom stereocenters. The van der Waals surface area contributed by atoms with Crippen LogP contribution in [0.25, 0.3) is 0 Å². The van der Waals surface area contributed by atoms with Crippen LogP contribution >= 0.6 is 23.2 Å². The standard InChI is InChI=1S/C18H20Cl2N2O3S/c1-11-6-5-7-12(2)17(11)21-18(23)13(3)22(26(4,24)25)16-10-14(19)8-9-15(16)20/h5-10,13H,1-4H3,(H,21,23)/t13-/m1/s1. The number of nitrogens with one attached hydrogen (secondary N) is 1. The first-order valence-electron chi connectivity index (χ1n) is 7.84. The van der Waals surface area contributed by atoms with Crippen molar-refractivity contribution in [1.82, 2.24) is 0 Å². The van der Waals surface area contributed by atoms with Gasteiger partial charge in [-0.05, 0) is 50.1 Å². The second kappa shape index (κ2) is 7.86. The molecule has 0 unspecified atom stereocenters. The van der Waals surface area contributed by atoms with Gasteiger partial charge in [0.25, 0.3) is 0 Å². The summed E-state index contributed by atoms with van der Waals surface area (Å²) in [6.07, 6.45) is 1.02. The van der Waals surface area contributed by atoms with Crippen LogP contribution in [0, 0.1) is 13.8 Å². The summed E-state index contributed by atoms with van der Waals surface area (Å²) in [7, 11) is -3.78. The van der Waals surface area contributed by atoms with Crippen LogP contribution in [0.2, 0.25) is 10.0 Å². The molecule has 0 aromatic heterocycles. The van der Waals surface area contributed by atoms with Crippen LogP contribution in [0.5, 0.6) is 0 Å². The molecule has 0 aliphatic heterocycles. The first-order valence-corrected chi connectivity index (χ1v) is 10.4. The summed E-state index contributed by atoms with van der Waals surface area (Å²) in [5, 5.41) is 3.32. The van der Waals surface area contributed by atoms with E-state index in [0.717, 1.165) is 21.7 Å². The Balaban J connectivity index is 2.43. The molecule has 0 fully saturated rings. The maximum atomic E-state index is 12.8. The third kappa shape index (κ3) is 4.50. The normalized spacial score (nSPS) is 12.5. The van der Waals surface area contributed by atoms with E-state index in [-0.39, 0.29) is 10.7 Å². The molecule has 26 heavy (non-hydrogen) atoms. The van der Waals surface area contributed by atoms with Crippen LogP contribution in [0.3, 0.4) is 0 Å². The minimum absolute atomic E-state index is 0.158. The highest BCUT2D eigenvalue weighted by molar-refractivity contribution is 7.92. The number of hydrogen-bond donors (Lipinski definition) is 1. The molecule has 0 saturated carbocycles. The van der Waals surface area contributed by atoms with Crippen LogP contribution in [-0.4, -0.2) is 26.6 Å². The van der Waals surface area contributed by atoms with Gasteiger partial charge in [-0.2, -0.15) is 0 Å². The van der Waals surface area contributed by atoms with E-state index in [1.165, 1.54) is 19.1 Å². The van der Waals surface area contributed by atoms with E-state index in [1.54, 1.807) is 6.07 Å². The molecule has 0 bridgehead atoms. The number of rotatable bonds is 5. The van der Waals surface area contributed by atoms with E-state index in [9.17, 15) is 13.2 Å². The Hall–Kier alpha value is -1.76. The van der Waals surface area contributed by atoms with E-state index in [4.69, 9.17) is 23.2 Å². The Morgan fingerprint density at radius 3 is 2.23 bits per heavy atom. The third-order valence-corrected chi connectivity index (χ3v) is 5.75. The topological polar surface area (TPSA) is 66.5 Å². The fourth-order valence-corrected chi connectivity index (χ4v) is 4.28. The molecule has 140 valence electrons. The first kappa shape index (κ1) is 20.6. The SMILES string of the molecule is Cc1cccc(C)c1NC(=O)[C@@H](C)N(c1cc(Cl)ccc1Cl)S(C)(=O)=O. The molecule has 2 aromatic rings. The number of carbonyl (C=O) groups excluding carboxylic acids is 1. The molecule has 8 heteroatoms. The summed E-state index contributed by atoms with van der Waals surface area (Å²) in [6.45, 7) is 5.24. The zero-order chi connectivity index (χ0) is 19.6. The number of nitrogens with zero attached hydrogens (tertiary/aromatic N) is 1. The predicted octanol–water partition coefficient (Wildman–Crippen LogP) is 4.40. The minimum Gasteiger partial charge on any atom is -0.324 e. The van der Waals surface area contributed by atoms with E-state index in [0.29, 0.717) is 10.7 Å². The lowest BCUT2D eigenvalue weighted by molar-refractivity contribution is -0.116. The van der Waals surface area contributed by atoms with Gasteiger partial charge in [0, 0.05) is 10.7 Å². The zero-order valence-corrected chi connectivity index (χ0v) is 17.2. The van der Waals surface area contributed by atoms with Crippen LogP contribution < -0.4 is 9.62 Å². The van der Waals surface area contributed by atoms with Crippen molar-refractivity contribution >= 4 is 50.5 Å². The van der Waals surface area contributed by atoms with Gasteiger partial charge in [0.15, 0.2) is 0 Å². The van der Waals surface area contributed by atoms with Gasteiger partial charge in [0.2, 0.25) is 15.9 Å². The van der Waals surface area contributed by atoms with Crippen molar-refractivity contribution in [1.29, 1.82) is 0 Å². The number of amides is 1. The van der Waals surface area contributed by atoms with E-state index < -0.39 is 22.0 Å². The Kier molecular flexibility index (Phi) is 6.21. The van der Waals surface area contributed by atoms with Crippen molar-refractivity contribution in [3.63, 3.8) is 0 Å². The smallest absolute Gasteiger partial charge is 0.248 e. The first-order chi connectivity index (χ1) is 12.0. The fourth-order valence-electron chi connectivity index (χ4n) is 2.67. The Bertz CT molecular complexity index is 925. The highest BCUT2D eigenvalue weighted by atomic mass is 35.5. The molecular weight excluding hydrogens is 395 g/mol. The lowest BCUT2D eigenvalue weighted by Gasteiger charge is -2.29. The molecule has 2 aromatic carbocycles. The molecule has 2 rings (SSSR count). The Morgan fingerprint density at radius 1 is 1.12 bits per heavy atom. The lowest BCUT2D eigenvalue weighted by Crippen LogP contribution is -2.45. The molecule has 1 amide bonds. The molecule has 0 heterocycles. The van der Waals surface area contributed by atoms with Gasteiger partial charge >= 0.3 is 0 Å². The van der Waals surface area contributed by atoms with Crippen molar-refractivity contribution < 1.29 is 13.2 Å². The van der Waals surface area contributed by atoms with Crippen molar-refractivity contribution in [2.75, 3.05) is 15.9 Å². The molecule has 0 aliphatic carbocycles. The molecule has 0 aliphatic rings. The third-order valence-electron chi connectivity index (χ3n) is 3.96. The summed E-state index contributed by atoms with van der Waals surface area (Å²) in [5.41, 5.74) is 2.59. The minimum atomic E-state index is -3.78. The van der Waals surface area contributed by atoms with Gasteiger partial charge in [-0.1, -0.05) is 41.4 Å². The monoisotopic (exact) mass is 414 g/mol. The number of halogens is 2. The Morgan fingerprint density at radius 2 is 1.69 bits per heavy atom. The predicted molar refractivity (Wildman–Crippen MR) is 108 cm³/mol. The second-order valence-electron chi connectivity index (χ2n) is 6.09. The van der Waals surface area contributed by atoms with Gasteiger partial charge in [-0.3, -0.25) is 9.10 Å². The number of hydrogen-bond acceptors (Lipinski definition) is 3. The fraction of sp³-hybridized carbons (Fsp3) is 0.278. The maximum absolute atomic E-state index is 12.8. The molecular formula is C18H20Cl2N2O3S. The second-order valence-corrected chi connectivity index (χ2v) is 8.79. The quantitative estimate of drug-likeness (QED) is 0.787. The van der Waals surface area contributed by atoms with Crippen molar-refractivity contribution in [3.8, 4) is 0 Å². The number of anilines is 2. The van der Waals surface area contributed by atoms with Gasteiger partial charge in [-0.15, -0.1) is 0 Å². The van der Waals surface area contributed by atoms with E-state index >= 15 is 0 Å². The highest BCUT2D eigenvalue weighted by Gasteiger charge is 2.31. The van der Waals surface area contributed by atoms with Crippen LogP contribution in [0.15, 0.2) is 36.4 Å². The van der Waals surface area contributed by atoms with Crippen molar-refractivity contribution in [2.24, 2.45) is 0 Å². The Labute approximate surface area is 164 Å². The van der Waals surface area contributed by atoms with Crippen molar-refractivity contribution in [3.05, 3.63) is 57.6 Å². The summed E-state index contributed by atoms with van der Waals surface area (Å²) >= 11 is 12.1. The van der Waals surface area contributed by atoms with Gasteiger partial charge < -0.3 is 5.32 Å². The van der Waals surface area contributed by atoms with Gasteiger partial charge in [-0.25, -0.2) is 8.42 Å². The molecule has 0 saturated heterocycles. The highest BCUT2D eigenvalue weighted by Crippen LogP contribution is 2.32. The number of aryl methyl sites for hydroxylation is 2. The average Bonchev–Trinajstić information content (AvgIpc) is 2.53. The molecule has 5 nitrogen and oxygen atoms in total. The van der Waals surface area contributed by atoms with Crippen LogP contribution in [0.1, 0.15) is 18.1 Å². The van der Waals surface area contributed by atoms with E-state index in [1.807, 2.05) is 32.0 Å². The molecule has 0 spiro atoms. The number of benzene rings is 2. The molecule has 1 N–H and O–H groups in total. The van der Waals surface area contributed by atoms with Crippen molar-refractivity contribution in [2.45, 2.75) is 26.8 Å². The van der Waals surface area contributed by atoms with Crippen LogP contribution in [-0.2, 0) is 14.8 Å². The lowest BCUT2D eigenvalue weighted by atomic mass is 10.1.